The zero-order valence-corrected chi connectivity index (χ0v) is 14.4. The van der Waals surface area contributed by atoms with Gasteiger partial charge in [0.25, 0.3) is 0 Å². The lowest BCUT2D eigenvalue weighted by molar-refractivity contribution is 0.0526. The fourth-order valence-corrected chi connectivity index (χ4v) is 2.35. The van der Waals surface area contributed by atoms with Gasteiger partial charge < -0.3 is 10.1 Å². The maximum Gasteiger partial charge on any atom is 0.343 e. The van der Waals surface area contributed by atoms with Gasteiger partial charge in [0.1, 0.15) is 17.2 Å². The van der Waals surface area contributed by atoms with Crippen molar-refractivity contribution in [3.8, 4) is 0 Å². The summed E-state index contributed by atoms with van der Waals surface area (Å²) in [6.07, 6.45) is 2.72. The predicted molar refractivity (Wildman–Crippen MR) is 88.8 cm³/mol. The minimum Gasteiger partial charge on any atom is -0.462 e. The van der Waals surface area contributed by atoms with Gasteiger partial charge >= 0.3 is 5.97 Å². The van der Waals surface area contributed by atoms with E-state index in [-0.39, 0.29) is 35.5 Å². The van der Waals surface area contributed by atoms with Crippen molar-refractivity contribution in [2.45, 2.75) is 25.5 Å². The molecule has 1 aromatic heterocycles. The number of aromatic nitrogens is 2. The molecule has 0 aliphatic carbocycles. The van der Waals surface area contributed by atoms with Gasteiger partial charge in [0.2, 0.25) is 5.16 Å². The SMILES string of the molecule is CCOC(=O)c1cnc(S(C)=O)nc1NCc1ccc(C)c(F)c1. The van der Waals surface area contributed by atoms with E-state index in [1.807, 2.05) is 0 Å². The fraction of sp³-hybridized carbons (Fsp3) is 0.312. The lowest BCUT2D eigenvalue weighted by Crippen LogP contribution is -2.14. The molecule has 1 N–H and O–H groups in total. The molecule has 0 aliphatic heterocycles. The molecule has 0 radical (unpaired) electrons. The smallest absolute Gasteiger partial charge is 0.343 e. The van der Waals surface area contributed by atoms with E-state index in [0.29, 0.717) is 11.1 Å². The van der Waals surface area contributed by atoms with Gasteiger partial charge in [-0.1, -0.05) is 12.1 Å². The summed E-state index contributed by atoms with van der Waals surface area (Å²) in [5, 5.41) is 3.06. The standard InChI is InChI=1S/C16H18FN3O3S/c1-4-23-15(21)12-9-19-16(24(3)22)20-14(12)18-8-11-6-5-10(2)13(17)7-11/h5-7,9H,4,8H2,1-3H3,(H,18,19,20). The lowest BCUT2D eigenvalue weighted by atomic mass is 10.1. The molecule has 0 aliphatic rings. The van der Waals surface area contributed by atoms with Crippen LogP contribution in [0.3, 0.4) is 0 Å². The Kier molecular flexibility index (Phi) is 5.97. The number of anilines is 1. The highest BCUT2D eigenvalue weighted by molar-refractivity contribution is 7.84. The molecule has 1 atom stereocenters. The number of halogens is 1. The molecule has 128 valence electrons. The summed E-state index contributed by atoms with van der Waals surface area (Å²) in [6, 6.07) is 4.85. The highest BCUT2D eigenvalue weighted by atomic mass is 32.2. The maximum atomic E-state index is 13.6. The van der Waals surface area contributed by atoms with Crippen LogP contribution < -0.4 is 5.32 Å². The van der Waals surface area contributed by atoms with Crippen LogP contribution in [0.5, 0.6) is 0 Å². The third kappa shape index (κ3) is 4.35. The Morgan fingerprint density at radius 1 is 1.42 bits per heavy atom. The van der Waals surface area contributed by atoms with E-state index in [9.17, 15) is 13.4 Å². The molecule has 0 saturated carbocycles. The molecule has 2 aromatic rings. The fourth-order valence-electron chi connectivity index (χ4n) is 1.93. The monoisotopic (exact) mass is 351 g/mol. The van der Waals surface area contributed by atoms with Crippen molar-refractivity contribution < 1.29 is 18.1 Å². The number of carbonyl (C=O) groups is 1. The number of carbonyl (C=O) groups excluding carboxylic acids is 1. The number of aryl methyl sites for hydroxylation is 1. The Labute approximate surface area is 141 Å². The van der Waals surface area contributed by atoms with Gasteiger partial charge in [-0.15, -0.1) is 0 Å². The Morgan fingerprint density at radius 2 is 2.17 bits per heavy atom. The van der Waals surface area contributed by atoms with E-state index >= 15 is 0 Å². The zero-order valence-electron chi connectivity index (χ0n) is 13.6. The van der Waals surface area contributed by atoms with E-state index in [1.54, 1.807) is 26.0 Å². The minimum absolute atomic E-state index is 0.0978. The number of rotatable bonds is 6. The first-order chi connectivity index (χ1) is 11.4. The topological polar surface area (TPSA) is 81.2 Å². The number of ether oxygens (including phenoxy) is 1. The molecule has 0 saturated heterocycles. The molecule has 0 spiro atoms. The molecule has 1 unspecified atom stereocenters. The quantitative estimate of drug-likeness (QED) is 0.636. The van der Waals surface area contributed by atoms with Crippen molar-refractivity contribution in [2.75, 3.05) is 18.2 Å². The van der Waals surface area contributed by atoms with Crippen LogP contribution in [0, 0.1) is 12.7 Å². The number of benzene rings is 1. The summed E-state index contributed by atoms with van der Waals surface area (Å²) in [6.45, 7) is 3.83. The third-order valence-corrected chi connectivity index (χ3v) is 3.93. The van der Waals surface area contributed by atoms with Crippen molar-refractivity contribution in [3.05, 3.63) is 46.9 Å². The normalized spacial score (nSPS) is 11.8. The highest BCUT2D eigenvalue weighted by Gasteiger charge is 2.17. The Bertz CT molecular complexity index is 783. The second kappa shape index (κ2) is 7.96. The Hall–Kier alpha value is -2.35. The minimum atomic E-state index is -1.39. The first-order valence-electron chi connectivity index (χ1n) is 7.28. The van der Waals surface area contributed by atoms with Gasteiger partial charge in [0.15, 0.2) is 0 Å². The second-order valence-electron chi connectivity index (χ2n) is 5.03. The van der Waals surface area contributed by atoms with E-state index < -0.39 is 16.8 Å². The van der Waals surface area contributed by atoms with Crippen LogP contribution in [0.2, 0.25) is 0 Å². The average molecular weight is 351 g/mol. The molecule has 1 heterocycles. The van der Waals surface area contributed by atoms with Crippen LogP contribution in [-0.4, -0.2) is 33.0 Å². The first kappa shape index (κ1) is 18.0. The van der Waals surface area contributed by atoms with Crippen LogP contribution in [0.25, 0.3) is 0 Å². The summed E-state index contributed by atoms with van der Waals surface area (Å²) in [4.78, 5) is 20.0. The van der Waals surface area contributed by atoms with Crippen molar-refractivity contribution in [1.29, 1.82) is 0 Å². The van der Waals surface area contributed by atoms with E-state index in [1.165, 1.54) is 18.5 Å². The summed E-state index contributed by atoms with van der Waals surface area (Å²) >= 11 is 0. The molecule has 2 rings (SSSR count). The zero-order chi connectivity index (χ0) is 17.7. The number of nitrogens with zero attached hydrogens (tertiary/aromatic N) is 2. The number of nitrogens with one attached hydrogen (secondary N) is 1. The van der Waals surface area contributed by atoms with Crippen LogP contribution in [0.4, 0.5) is 10.2 Å². The summed E-state index contributed by atoms with van der Waals surface area (Å²) in [7, 11) is -1.39. The van der Waals surface area contributed by atoms with Crippen molar-refractivity contribution in [1.82, 2.24) is 9.97 Å². The Balaban J connectivity index is 2.28. The van der Waals surface area contributed by atoms with Crippen LogP contribution in [0.1, 0.15) is 28.4 Å². The Morgan fingerprint density at radius 3 is 2.79 bits per heavy atom. The van der Waals surface area contributed by atoms with Crippen LogP contribution in [-0.2, 0) is 22.1 Å². The highest BCUT2D eigenvalue weighted by Crippen LogP contribution is 2.17. The summed E-state index contributed by atoms with van der Waals surface area (Å²) < 4.78 is 30.1. The van der Waals surface area contributed by atoms with E-state index in [4.69, 9.17) is 4.74 Å². The van der Waals surface area contributed by atoms with Gasteiger partial charge in [0.05, 0.1) is 17.4 Å². The lowest BCUT2D eigenvalue weighted by Gasteiger charge is -2.11. The predicted octanol–water partition coefficient (Wildman–Crippen LogP) is 2.45. The van der Waals surface area contributed by atoms with Gasteiger partial charge in [-0.05, 0) is 31.0 Å². The average Bonchev–Trinajstić information content (AvgIpc) is 2.55. The van der Waals surface area contributed by atoms with Gasteiger partial charge in [0, 0.05) is 19.0 Å². The molecule has 0 fully saturated rings. The molecule has 24 heavy (non-hydrogen) atoms. The number of esters is 1. The molecule has 6 nitrogen and oxygen atoms in total. The van der Waals surface area contributed by atoms with Crippen molar-refractivity contribution in [3.63, 3.8) is 0 Å². The van der Waals surface area contributed by atoms with Crippen molar-refractivity contribution >= 4 is 22.6 Å². The maximum absolute atomic E-state index is 13.6. The largest absolute Gasteiger partial charge is 0.462 e. The van der Waals surface area contributed by atoms with E-state index in [2.05, 4.69) is 15.3 Å². The number of hydrogen-bond acceptors (Lipinski definition) is 6. The first-order valence-corrected chi connectivity index (χ1v) is 8.84. The third-order valence-electron chi connectivity index (χ3n) is 3.22. The van der Waals surface area contributed by atoms with Gasteiger partial charge in [-0.25, -0.2) is 19.2 Å². The van der Waals surface area contributed by atoms with Crippen molar-refractivity contribution in [2.24, 2.45) is 0 Å². The number of hydrogen-bond donors (Lipinski definition) is 1. The molecule has 0 amide bonds. The van der Waals surface area contributed by atoms with Gasteiger partial charge in [-0.3, -0.25) is 4.21 Å². The molecule has 1 aromatic carbocycles. The summed E-state index contributed by atoms with van der Waals surface area (Å²) in [5.41, 5.74) is 1.38. The van der Waals surface area contributed by atoms with Crippen LogP contribution >= 0.6 is 0 Å². The molecule has 0 bridgehead atoms. The molecule has 8 heteroatoms. The molecular weight excluding hydrogens is 333 g/mol. The van der Waals surface area contributed by atoms with Gasteiger partial charge in [-0.2, -0.15) is 0 Å². The summed E-state index contributed by atoms with van der Waals surface area (Å²) in [5.74, 6) is -0.684. The van der Waals surface area contributed by atoms with Crippen LogP contribution in [0.15, 0.2) is 29.6 Å². The van der Waals surface area contributed by atoms with E-state index in [0.717, 1.165) is 0 Å². The molecular formula is C16H18FN3O3S. The second-order valence-corrected chi connectivity index (χ2v) is 6.30.